The van der Waals surface area contributed by atoms with Crippen LogP contribution in [0, 0.1) is 12.3 Å². The summed E-state index contributed by atoms with van der Waals surface area (Å²) in [4.78, 5) is 0. The van der Waals surface area contributed by atoms with Gasteiger partial charge >= 0.3 is 0 Å². The maximum absolute atomic E-state index is 9.31. The summed E-state index contributed by atoms with van der Waals surface area (Å²) < 4.78 is 0. The van der Waals surface area contributed by atoms with E-state index in [0.717, 1.165) is 5.56 Å². The van der Waals surface area contributed by atoms with E-state index in [1.54, 1.807) is 6.92 Å². The van der Waals surface area contributed by atoms with Gasteiger partial charge in [-0.1, -0.05) is 11.6 Å². The van der Waals surface area contributed by atoms with Gasteiger partial charge in [0.2, 0.25) is 0 Å². The third kappa shape index (κ3) is 1.51. The van der Waals surface area contributed by atoms with Crippen molar-refractivity contribution in [1.29, 1.82) is 5.41 Å². The van der Waals surface area contributed by atoms with Crippen LogP contribution in [0.15, 0.2) is 12.1 Å². The number of rotatable bonds is 1. The fourth-order valence-electron chi connectivity index (χ4n) is 0.882. The van der Waals surface area contributed by atoms with Gasteiger partial charge in [0.05, 0.1) is 5.56 Å². The van der Waals surface area contributed by atoms with Crippen molar-refractivity contribution in [3.63, 3.8) is 0 Å². The van der Waals surface area contributed by atoms with E-state index in [-0.39, 0.29) is 17.1 Å². The highest BCUT2D eigenvalue weighted by atomic mass is 35.5. The molecule has 0 aliphatic heterocycles. The van der Waals surface area contributed by atoms with Crippen LogP contribution in [0.4, 0.5) is 0 Å². The first-order valence-corrected chi connectivity index (χ1v) is 3.73. The molecule has 0 radical (unpaired) electrons. The normalized spacial score (nSPS) is 9.83. The summed E-state index contributed by atoms with van der Waals surface area (Å²) in [6.45, 7) is 1.77. The minimum absolute atomic E-state index is 0.00981. The molecule has 12 heavy (non-hydrogen) atoms. The molecule has 0 aromatic heterocycles. The van der Waals surface area contributed by atoms with Crippen LogP contribution in [-0.4, -0.2) is 10.9 Å². The lowest BCUT2D eigenvalue weighted by atomic mass is 10.1. The molecule has 0 heterocycles. The molecular weight excluding hydrogens is 176 g/mol. The molecule has 1 aromatic rings. The Balaban J connectivity index is 3.33. The van der Waals surface area contributed by atoms with Gasteiger partial charge in [0.25, 0.3) is 0 Å². The zero-order chi connectivity index (χ0) is 9.30. The van der Waals surface area contributed by atoms with Gasteiger partial charge in [-0.25, -0.2) is 0 Å². The van der Waals surface area contributed by atoms with Crippen LogP contribution in [0.25, 0.3) is 0 Å². The summed E-state index contributed by atoms with van der Waals surface area (Å²) in [5.41, 5.74) is 6.23. The average Bonchev–Trinajstić information content (AvgIpc) is 1.96. The van der Waals surface area contributed by atoms with Crippen LogP contribution in [0.5, 0.6) is 5.75 Å². The highest BCUT2D eigenvalue weighted by Gasteiger charge is 2.06. The fourth-order valence-corrected chi connectivity index (χ4v) is 1.05. The van der Waals surface area contributed by atoms with Gasteiger partial charge in [0.15, 0.2) is 0 Å². The van der Waals surface area contributed by atoms with Crippen molar-refractivity contribution in [3.8, 4) is 5.75 Å². The largest absolute Gasteiger partial charge is 0.507 e. The second-order valence-corrected chi connectivity index (χ2v) is 2.94. The lowest BCUT2D eigenvalue weighted by Crippen LogP contribution is -2.11. The third-order valence-corrected chi connectivity index (χ3v) is 1.97. The minimum Gasteiger partial charge on any atom is -0.507 e. The fraction of sp³-hybridized carbons (Fsp3) is 0.125. The SMILES string of the molecule is Cc1cc(O)c(C(=N)N)cc1Cl. The van der Waals surface area contributed by atoms with Crippen LogP contribution in [0.2, 0.25) is 5.02 Å². The van der Waals surface area contributed by atoms with Crippen molar-refractivity contribution in [2.24, 2.45) is 5.73 Å². The average molecular weight is 185 g/mol. The zero-order valence-electron chi connectivity index (χ0n) is 6.56. The number of aromatic hydroxyl groups is 1. The molecule has 0 bridgehead atoms. The highest BCUT2D eigenvalue weighted by molar-refractivity contribution is 6.31. The van der Waals surface area contributed by atoms with Gasteiger partial charge in [-0.3, -0.25) is 5.41 Å². The molecule has 0 spiro atoms. The number of nitrogens with one attached hydrogen (secondary N) is 1. The Bertz CT molecular complexity index is 336. The number of halogens is 1. The Hall–Kier alpha value is -1.22. The van der Waals surface area contributed by atoms with Gasteiger partial charge < -0.3 is 10.8 Å². The van der Waals surface area contributed by atoms with Crippen LogP contribution >= 0.6 is 11.6 Å². The number of hydrogen-bond acceptors (Lipinski definition) is 2. The van der Waals surface area contributed by atoms with Gasteiger partial charge in [-0.15, -0.1) is 0 Å². The molecule has 0 aliphatic carbocycles. The van der Waals surface area contributed by atoms with Crippen LogP contribution in [0.1, 0.15) is 11.1 Å². The van der Waals surface area contributed by atoms with E-state index in [2.05, 4.69) is 0 Å². The number of amidine groups is 1. The Morgan fingerprint density at radius 2 is 2.17 bits per heavy atom. The standard InChI is InChI=1S/C8H9ClN2O/c1-4-2-7(12)5(8(10)11)3-6(4)9/h2-3,12H,1H3,(H3,10,11). The molecule has 0 amide bonds. The topological polar surface area (TPSA) is 70.1 Å². The monoisotopic (exact) mass is 184 g/mol. The summed E-state index contributed by atoms with van der Waals surface area (Å²) in [5, 5.41) is 16.9. The Morgan fingerprint density at radius 3 is 2.67 bits per heavy atom. The molecule has 1 aromatic carbocycles. The number of hydrogen-bond donors (Lipinski definition) is 3. The van der Waals surface area contributed by atoms with Crippen molar-refractivity contribution < 1.29 is 5.11 Å². The van der Waals surface area contributed by atoms with E-state index in [1.807, 2.05) is 0 Å². The second-order valence-electron chi connectivity index (χ2n) is 2.53. The summed E-state index contributed by atoms with van der Waals surface area (Å²) in [5.74, 6) is -0.196. The summed E-state index contributed by atoms with van der Waals surface area (Å²) in [7, 11) is 0. The Morgan fingerprint density at radius 1 is 1.58 bits per heavy atom. The molecule has 3 nitrogen and oxygen atoms in total. The van der Waals surface area contributed by atoms with E-state index < -0.39 is 0 Å². The molecular formula is C8H9ClN2O. The molecule has 4 heteroatoms. The molecule has 1 rings (SSSR count). The van der Waals surface area contributed by atoms with Crippen LogP contribution in [0.3, 0.4) is 0 Å². The zero-order valence-corrected chi connectivity index (χ0v) is 7.31. The van der Waals surface area contributed by atoms with Gasteiger partial charge in [0, 0.05) is 5.02 Å². The smallest absolute Gasteiger partial charge is 0.126 e. The van der Waals surface area contributed by atoms with Crippen molar-refractivity contribution >= 4 is 17.4 Å². The molecule has 4 N–H and O–H groups in total. The number of benzene rings is 1. The first kappa shape index (κ1) is 8.87. The molecule has 0 fully saturated rings. The summed E-state index contributed by atoms with van der Waals surface area (Å²) in [6.07, 6.45) is 0. The quantitative estimate of drug-likeness (QED) is 0.459. The van der Waals surface area contributed by atoms with Gasteiger partial charge in [-0.05, 0) is 24.6 Å². The van der Waals surface area contributed by atoms with E-state index in [9.17, 15) is 5.11 Å². The number of phenolic OH excluding ortho intramolecular Hbond substituents is 1. The van der Waals surface area contributed by atoms with E-state index in [4.69, 9.17) is 22.7 Å². The van der Waals surface area contributed by atoms with Crippen molar-refractivity contribution in [1.82, 2.24) is 0 Å². The number of aryl methyl sites for hydroxylation is 1. The number of nitrogens with two attached hydrogens (primary N) is 1. The number of nitrogen functional groups attached to an aromatic ring is 1. The molecule has 0 atom stereocenters. The van der Waals surface area contributed by atoms with E-state index in [0.29, 0.717) is 5.02 Å². The third-order valence-electron chi connectivity index (χ3n) is 1.57. The summed E-state index contributed by atoms with van der Waals surface area (Å²) in [6, 6.07) is 2.97. The van der Waals surface area contributed by atoms with Gasteiger partial charge in [-0.2, -0.15) is 0 Å². The first-order chi connectivity index (χ1) is 5.52. The Kier molecular flexibility index (Phi) is 2.24. The number of phenols is 1. The minimum atomic E-state index is -0.186. The Labute approximate surface area is 75.3 Å². The van der Waals surface area contributed by atoms with E-state index in [1.165, 1.54) is 12.1 Å². The van der Waals surface area contributed by atoms with Crippen molar-refractivity contribution in [2.45, 2.75) is 6.92 Å². The van der Waals surface area contributed by atoms with Crippen LogP contribution in [-0.2, 0) is 0 Å². The highest BCUT2D eigenvalue weighted by Crippen LogP contribution is 2.24. The summed E-state index contributed by atoms with van der Waals surface area (Å²) >= 11 is 5.77. The predicted octanol–water partition coefficient (Wildman–Crippen LogP) is 1.64. The maximum Gasteiger partial charge on any atom is 0.126 e. The molecule has 0 saturated carbocycles. The predicted molar refractivity (Wildman–Crippen MR) is 48.9 cm³/mol. The maximum atomic E-state index is 9.31. The molecule has 64 valence electrons. The molecule has 0 saturated heterocycles. The lowest BCUT2D eigenvalue weighted by Gasteiger charge is -2.04. The van der Waals surface area contributed by atoms with Crippen molar-refractivity contribution in [3.05, 3.63) is 28.3 Å². The molecule has 0 unspecified atom stereocenters. The molecule has 0 aliphatic rings. The van der Waals surface area contributed by atoms with Crippen LogP contribution < -0.4 is 5.73 Å². The van der Waals surface area contributed by atoms with Gasteiger partial charge in [0.1, 0.15) is 11.6 Å². The second kappa shape index (κ2) is 3.03. The lowest BCUT2D eigenvalue weighted by molar-refractivity contribution is 0.473. The van der Waals surface area contributed by atoms with Crippen molar-refractivity contribution in [2.75, 3.05) is 0 Å². The first-order valence-electron chi connectivity index (χ1n) is 3.36. The van der Waals surface area contributed by atoms with E-state index >= 15 is 0 Å².